The lowest BCUT2D eigenvalue weighted by Crippen LogP contribution is -2.13. The van der Waals surface area contributed by atoms with Crippen molar-refractivity contribution in [3.63, 3.8) is 0 Å². The number of ether oxygens (including phenoxy) is 3. The first kappa shape index (κ1) is 27.9. The van der Waals surface area contributed by atoms with Crippen LogP contribution in [0.5, 0.6) is 11.5 Å². The summed E-state index contributed by atoms with van der Waals surface area (Å²) >= 11 is 3.43. The number of hydrogen-bond donors (Lipinski definition) is 1. The molecule has 3 aromatic carbocycles. The highest BCUT2D eigenvalue weighted by molar-refractivity contribution is 9.10. The number of anilines is 1. The minimum atomic E-state index is -0.638. The van der Waals surface area contributed by atoms with Crippen LogP contribution in [0.1, 0.15) is 28.4 Å². The molecule has 194 valence electrons. The number of carbonyl (C=O) groups is 2. The molecule has 11 heteroatoms. The van der Waals surface area contributed by atoms with Crippen LogP contribution in [0.15, 0.2) is 70.7 Å². The highest BCUT2D eigenvalue weighted by atomic mass is 79.9. The van der Waals surface area contributed by atoms with Gasteiger partial charge in [0, 0.05) is 22.3 Å². The van der Waals surface area contributed by atoms with Crippen LogP contribution in [0.4, 0.5) is 11.4 Å². The van der Waals surface area contributed by atoms with Crippen molar-refractivity contribution in [2.45, 2.75) is 13.5 Å². The Labute approximate surface area is 226 Å². The summed E-state index contributed by atoms with van der Waals surface area (Å²) < 4.78 is 16.7. The number of carbonyl (C=O) groups excluding carboxylic acids is 2. The number of rotatable bonds is 10. The first-order valence-electron chi connectivity index (χ1n) is 11.2. The maximum absolute atomic E-state index is 12.7. The van der Waals surface area contributed by atoms with Crippen LogP contribution in [0.2, 0.25) is 0 Å². The lowest BCUT2D eigenvalue weighted by molar-refractivity contribution is -0.384. The minimum Gasteiger partial charge on any atom is -0.493 e. The highest BCUT2D eigenvalue weighted by Gasteiger charge is 2.15. The first-order valence-corrected chi connectivity index (χ1v) is 12.0. The molecule has 1 N–H and O–H groups in total. The van der Waals surface area contributed by atoms with E-state index < -0.39 is 16.8 Å². The van der Waals surface area contributed by atoms with Gasteiger partial charge in [-0.1, -0.05) is 15.9 Å². The van der Waals surface area contributed by atoms with Gasteiger partial charge in [-0.15, -0.1) is 0 Å². The fourth-order valence-electron chi connectivity index (χ4n) is 3.22. The van der Waals surface area contributed by atoms with Gasteiger partial charge in [0.05, 0.1) is 24.2 Å². The van der Waals surface area contributed by atoms with Gasteiger partial charge in [-0.3, -0.25) is 14.9 Å². The Hall–Kier alpha value is -4.69. The summed E-state index contributed by atoms with van der Waals surface area (Å²) in [6.45, 7) is 2.09. The quantitative estimate of drug-likeness (QED) is 0.106. The number of esters is 1. The monoisotopic (exact) mass is 579 g/mol. The van der Waals surface area contributed by atoms with Crippen LogP contribution in [0.3, 0.4) is 0 Å². The molecule has 0 aliphatic heterocycles. The highest BCUT2D eigenvalue weighted by Crippen LogP contribution is 2.35. The molecule has 0 heterocycles. The Balaban J connectivity index is 1.75. The van der Waals surface area contributed by atoms with E-state index in [2.05, 4.69) is 21.2 Å². The predicted octanol–water partition coefficient (Wildman–Crippen LogP) is 5.67. The Morgan fingerprint density at radius 3 is 2.37 bits per heavy atom. The largest absolute Gasteiger partial charge is 0.493 e. The molecular weight excluding hydrogens is 558 g/mol. The molecule has 0 aliphatic carbocycles. The molecule has 1 amide bonds. The van der Waals surface area contributed by atoms with Gasteiger partial charge in [0.25, 0.3) is 11.6 Å². The Kier molecular flexibility index (Phi) is 9.56. The maximum atomic E-state index is 12.7. The van der Waals surface area contributed by atoms with E-state index in [1.54, 1.807) is 31.2 Å². The van der Waals surface area contributed by atoms with Gasteiger partial charge in [0.15, 0.2) is 11.5 Å². The van der Waals surface area contributed by atoms with Gasteiger partial charge in [-0.2, -0.15) is 5.26 Å². The third-order valence-corrected chi connectivity index (χ3v) is 5.83. The van der Waals surface area contributed by atoms with Gasteiger partial charge in [-0.25, -0.2) is 4.79 Å². The molecule has 0 radical (unpaired) electrons. The SMILES string of the molecule is CCOC(=O)c1ccc(NC(=O)/C(C#N)=C/c2cc(OC)c(OCc3ccc([N+](=O)[O-])cc3)cc2Br)cc1. The topological polar surface area (TPSA) is 141 Å². The lowest BCUT2D eigenvalue weighted by atomic mass is 10.1. The zero-order valence-electron chi connectivity index (χ0n) is 20.4. The van der Waals surface area contributed by atoms with Gasteiger partial charge in [-0.05, 0) is 72.7 Å². The number of nitrogens with one attached hydrogen (secondary N) is 1. The number of halogens is 1. The van der Waals surface area contributed by atoms with Crippen LogP contribution in [0, 0.1) is 21.4 Å². The molecule has 3 rings (SSSR count). The lowest BCUT2D eigenvalue weighted by Gasteiger charge is -2.13. The molecule has 0 fully saturated rings. The van der Waals surface area contributed by atoms with E-state index in [4.69, 9.17) is 14.2 Å². The first-order chi connectivity index (χ1) is 18.2. The molecule has 0 bridgehead atoms. The molecule has 0 saturated heterocycles. The average Bonchev–Trinajstić information content (AvgIpc) is 2.92. The maximum Gasteiger partial charge on any atom is 0.338 e. The second kappa shape index (κ2) is 13.0. The summed E-state index contributed by atoms with van der Waals surface area (Å²) in [5, 5.41) is 23.0. The smallest absolute Gasteiger partial charge is 0.338 e. The summed E-state index contributed by atoms with van der Waals surface area (Å²) in [7, 11) is 1.45. The number of nitriles is 1. The van der Waals surface area contributed by atoms with Crippen molar-refractivity contribution in [2.24, 2.45) is 0 Å². The van der Waals surface area contributed by atoms with Gasteiger partial charge < -0.3 is 19.5 Å². The number of amides is 1. The van der Waals surface area contributed by atoms with Crippen molar-refractivity contribution >= 4 is 45.3 Å². The molecule has 10 nitrogen and oxygen atoms in total. The molecule has 38 heavy (non-hydrogen) atoms. The molecule has 0 saturated carbocycles. The predicted molar refractivity (Wildman–Crippen MR) is 143 cm³/mol. The number of benzene rings is 3. The number of methoxy groups -OCH3 is 1. The van der Waals surface area contributed by atoms with Crippen LogP contribution < -0.4 is 14.8 Å². The summed E-state index contributed by atoms with van der Waals surface area (Å²) in [6, 6.07) is 17.2. The molecule has 0 aromatic heterocycles. The van der Waals surface area contributed by atoms with Gasteiger partial charge in [0.2, 0.25) is 0 Å². The van der Waals surface area contributed by atoms with E-state index in [-0.39, 0.29) is 24.5 Å². The minimum absolute atomic E-state index is 0.0174. The fraction of sp³-hybridized carbons (Fsp3) is 0.148. The van der Waals surface area contributed by atoms with E-state index in [0.717, 1.165) is 5.56 Å². The summed E-state index contributed by atoms with van der Waals surface area (Å²) in [4.78, 5) is 34.8. The van der Waals surface area contributed by atoms with Gasteiger partial charge in [0.1, 0.15) is 18.2 Å². The second-order valence-corrected chi connectivity index (χ2v) is 8.51. The third kappa shape index (κ3) is 7.18. The number of nitro benzene ring substituents is 1. The molecular formula is C27H22BrN3O7. The van der Waals surface area contributed by atoms with Crippen LogP contribution in [-0.2, 0) is 16.1 Å². The van der Waals surface area contributed by atoms with Crippen LogP contribution in [0.25, 0.3) is 6.08 Å². The van der Waals surface area contributed by atoms with Crippen molar-refractivity contribution in [2.75, 3.05) is 19.0 Å². The Morgan fingerprint density at radius 2 is 1.79 bits per heavy atom. The van der Waals surface area contributed by atoms with E-state index in [9.17, 15) is 25.0 Å². The van der Waals surface area contributed by atoms with E-state index in [1.165, 1.54) is 49.6 Å². The molecule has 0 aliphatic rings. The average molecular weight is 580 g/mol. The van der Waals surface area contributed by atoms with Crippen molar-refractivity contribution in [3.05, 3.63) is 97.5 Å². The Bertz CT molecular complexity index is 1410. The van der Waals surface area contributed by atoms with E-state index >= 15 is 0 Å². The zero-order valence-corrected chi connectivity index (χ0v) is 22.0. The number of non-ortho nitro benzene ring substituents is 1. The normalized spacial score (nSPS) is 10.7. The second-order valence-electron chi connectivity index (χ2n) is 7.66. The van der Waals surface area contributed by atoms with Crippen molar-refractivity contribution < 1.29 is 28.7 Å². The van der Waals surface area contributed by atoms with Crippen molar-refractivity contribution in [1.29, 1.82) is 5.26 Å². The van der Waals surface area contributed by atoms with Crippen molar-refractivity contribution in [3.8, 4) is 17.6 Å². The summed E-state index contributed by atoms with van der Waals surface area (Å²) in [6.07, 6.45) is 1.40. The molecule has 3 aromatic rings. The molecule has 0 spiro atoms. The molecule has 0 unspecified atom stereocenters. The third-order valence-electron chi connectivity index (χ3n) is 5.14. The summed E-state index contributed by atoms with van der Waals surface area (Å²) in [5.41, 5.74) is 1.77. The van der Waals surface area contributed by atoms with Crippen LogP contribution in [-0.4, -0.2) is 30.5 Å². The molecule has 0 atom stereocenters. The van der Waals surface area contributed by atoms with Crippen LogP contribution >= 0.6 is 15.9 Å². The van der Waals surface area contributed by atoms with Gasteiger partial charge >= 0.3 is 5.97 Å². The zero-order chi connectivity index (χ0) is 27.7. The Morgan fingerprint density at radius 1 is 1.11 bits per heavy atom. The van der Waals surface area contributed by atoms with E-state index in [1.807, 2.05) is 6.07 Å². The number of nitrogens with zero attached hydrogens (tertiary/aromatic N) is 2. The van der Waals surface area contributed by atoms with Crippen molar-refractivity contribution in [1.82, 2.24) is 0 Å². The number of nitro groups is 1. The standard InChI is InChI=1S/C27H22BrN3O7/c1-3-37-27(33)18-6-8-21(9-7-18)30-26(32)20(15-29)12-19-13-24(36-2)25(14-23(19)28)38-16-17-4-10-22(11-5-17)31(34)35/h4-14H,3,16H2,1-2H3,(H,30,32)/b20-12+. The summed E-state index contributed by atoms with van der Waals surface area (Å²) in [5.74, 6) is -0.365. The fourth-order valence-corrected chi connectivity index (χ4v) is 3.65. The number of hydrogen-bond acceptors (Lipinski definition) is 8. The van der Waals surface area contributed by atoms with E-state index in [0.29, 0.717) is 32.8 Å².